The van der Waals surface area contributed by atoms with Crippen molar-refractivity contribution in [2.75, 3.05) is 18.6 Å². The van der Waals surface area contributed by atoms with E-state index < -0.39 is 0 Å². The Kier molecular flexibility index (Phi) is 4.40. The van der Waals surface area contributed by atoms with Crippen molar-refractivity contribution >= 4 is 5.69 Å². The molecule has 1 aromatic carbocycles. The summed E-state index contributed by atoms with van der Waals surface area (Å²) in [6, 6.07) is 7.42. The molecule has 0 atom stereocenters. The van der Waals surface area contributed by atoms with Crippen molar-refractivity contribution in [3.63, 3.8) is 0 Å². The number of benzene rings is 1. The van der Waals surface area contributed by atoms with Gasteiger partial charge in [-0.3, -0.25) is 4.90 Å². The maximum Gasteiger partial charge on any atom is 0.0658 e. The highest BCUT2D eigenvalue weighted by Crippen LogP contribution is 2.12. The maximum absolute atomic E-state index is 12.1. The number of rotatable bonds is 5. The van der Waals surface area contributed by atoms with E-state index in [9.17, 15) is 4.48 Å². The Morgan fingerprint density at radius 3 is 2.57 bits per heavy atom. The topological polar surface area (TPSA) is 15.3 Å². The Hall–Kier alpha value is -1.09. The van der Waals surface area contributed by atoms with E-state index in [1.807, 2.05) is 18.2 Å². The Bertz CT molecular complexity index is 272. The highest BCUT2D eigenvalue weighted by Gasteiger charge is 2.01. The molecule has 1 rings (SSSR count). The van der Waals surface area contributed by atoms with Gasteiger partial charge in [-0.15, -0.1) is 4.48 Å². The van der Waals surface area contributed by atoms with Crippen LogP contribution in [0, 0.1) is 0 Å². The molecule has 0 heterocycles. The standard InChI is InChI=1S/C11H17FN2/c1-3-14(4-2)9-10-6-5-7-11(8-10)13-12/h5-8,13H,3-4,9H2,1-2H3. The first-order valence-corrected chi connectivity index (χ1v) is 4.98. The van der Waals surface area contributed by atoms with Crippen LogP contribution in [0.2, 0.25) is 0 Å². The minimum Gasteiger partial charge on any atom is -0.300 e. The molecule has 0 saturated heterocycles. The molecule has 0 aliphatic heterocycles. The average molecular weight is 196 g/mol. The lowest BCUT2D eigenvalue weighted by Crippen LogP contribution is -2.22. The van der Waals surface area contributed by atoms with Gasteiger partial charge in [0.25, 0.3) is 0 Å². The predicted octanol–water partition coefficient (Wildman–Crippen LogP) is 2.82. The Labute approximate surface area is 84.7 Å². The van der Waals surface area contributed by atoms with E-state index in [-0.39, 0.29) is 0 Å². The van der Waals surface area contributed by atoms with Crippen molar-refractivity contribution in [1.82, 2.24) is 4.90 Å². The minimum atomic E-state index is 0.523. The third-order valence-electron chi connectivity index (χ3n) is 2.34. The van der Waals surface area contributed by atoms with Crippen LogP contribution in [0.1, 0.15) is 19.4 Å². The van der Waals surface area contributed by atoms with Crippen LogP contribution in [0.5, 0.6) is 0 Å². The van der Waals surface area contributed by atoms with Gasteiger partial charge in [-0.25, -0.2) is 5.54 Å². The van der Waals surface area contributed by atoms with Gasteiger partial charge >= 0.3 is 0 Å². The first kappa shape index (κ1) is 11.0. The van der Waals surface area contributed by atoms with Crippen molar-refractivity contribution in [3.8, 4) is 0 Å². The minimum absolute atomic E-state index is 0.523. The van der Waals surface area contributed by atoms with Crippen molar-refractivity contribution in [2.24, 2.45) is 0 Å². The summed E-state index contributed by atoms with van der Waals surface area (Å²) in [4.78, 5) is 2.29. The zero-order valence-electron chi connectivity index (χ0n) is 8.76. The highest BCUT2D eigenvalue weighted by atomic mass is 19.2. The van der Waals surface area contributed by atoms with Gasteiger partial charge in [0.05, 0.1) is 5.69 Å². The van der Waals surface area contributed by atoms with E-state index in [0.717, 1.165) is 25.2 Å². The van der Waals surface area contributed by atoms with Crippen molar-refractivity contribution in [3.05, 3.63) is 29.8 Å². The van der Waals surface area contributed by atoms with E-state index >= 15 is 0 Å². The lowest BCUT2D eigenvalue weighted by molar-refractivity contribution is 0.296. The second kappa shape index (κ2) is 5.60. The van der Waals surface area contributed by atoms with Crippen LogP contribution in [-0.2, 0) is 6.54 Å². The molecule has 0 radical (unpaired) electrons. The zero-order valence-corrected chi connectivity index (χ0v) is 8.76. The van der Waals surface area contributed by atoms with Crippen LogP contribution in [-0.4, -0.2) is 18.0 Å². The molecule has 14 heavy (non-hydrogen) atoms. The molecule has 1 aromatic rings. The molecule has 0 aliphatic carbocycles. The van der Waals surface area contributed by atoms with E-state index in [1.165, 1.54) is 0 Å². The van der Waals surface area contributed by atoms with Crippen LogP contribution in [0.3, 0.4) is 0 Å². The zero-order chi connectivity index (χ0) is 10.4. The molecular formula is C11H17FN2. The molecule has 0 aliphatic rings. The quantitative estimate of drug-likeness (QED) is 0.728. The highest BCUT2D eigenvalue weighted by molar-refractivity contribution is 5.43. The van der Waals surface area contributed by atoms with Gasteiger partial charge in [0.15, 0.2) is 0 Å². The molecule has 78 valence electrons. The second-order valence-corrected chi connectivity index (χ2v) is 3.26. The largest absolute Gasteiger partial charge is 0.300 e. The molecular weight excluding hydrogens is 179 g/mol. The Morgan fingerprint density at radius 2 is 2.00 bits per heavy atom. The number of hydrogen-bond acceptors (Lipinski definition) is 2. The van der Waals surface area contributed by atoms with E-state index in [4.69, 9.17) is 0 Å². The summed E-state index contributed by atoms with van der Waals surface area (Å²) in [5, 5.41) is 0. The van der Waals surface area contributed by atoms with Crippen molar-refractivity contribution < 1.29 is 4.48 Å². The third-order valence-corrected chi connectivity index (χ3v) is 2.34. The molecule has 0 amide bonds. The third kappa shape index (κ3) is 3.00. The molecule has 0 saturated carbocycles. The van der Waals surface area contributed by atoms with Gasteiger partial charge in [0, 0.05) is 6.54 Å². The summed E-state index contributed by atoms with van der Waals surface area (Å²) in [7, 11) is 0. The van der Waals surface area contributed by atoms with E-state index in [1.54, 1.807) is 11.6 Å². The van der Waals surface area contributed by atoms with Gasteiger partial charge in [-0.05, 0) is 30.8 Å². The Balaban J connectivity index is 2.65. The van der Waals surface area contributed by atoms with Crippen molar-refractivity contribution in [2.45, 2.75) is 20.4 Å². The summed E-state index contributed by atoms with van der Waals surface area (Å²) in [5.41, 5.74) is 3.32. The summed E-state index contributed by atoms with van der Waals surface area (Å²) in [6.45, 7) is 7.16. The van der Waals surface area contributed by atoms with Crippen LogP contribution in [0.25, 0.3) is 0 Å². The van der Waals surface area contributed by atoms with Crippen LogP contribution in [0.4, 0.5) is 10.2 Å². The molecule has 0 unspecified atom stereocenters. The number of halogens is 1. The fourth-order valence-corrected chi connectivity index (χ4v) is 1.43. The average Bonchev–Trinajstić information content (AvgIpc) is 2.26. The first-order chi connectivity index (χ1) is 6.80. The van der Waals surface area contributed by atoms with Gasteiger partial charge in [0.2, 0.25) is 0 Å². The van der Waals surface area contributed by atoms with Gasteiger partial charge in [0.1, 0.15) is 0 Å². The fraction of sp³-hybridized carbons (Fsp3) is 0.455. The number of nitrogens with one attached hydrogen (secondary N) is 1. The predicted molar refractivity (Wildman–Crippen MR) is 57.8 cm³/mol. The molecule has 0 aromatic heterocycles. The SMILES string of the molecule is CCN(CC)Cc1cccc(NF)c1. The van der Waals surface area contributed by atoms with Gasteiger partial charge < -0.3 is 0 Å². The van der Waals surface area contributed by atoms with Crippen molar-refractivity contribution in [1.29, 1.82) is 0 Å². The molecule has 2 nitrogen and oxygen atoms in total. The van der Waals surface area contributed by atoms with Crippen LogP contribution >= 0.6 is 0 Å². The fourth-order valence-electron chi connectivity index (χ4n) is 1.43. The van der Waals surface area contributed by atoms with Gasteiger partial charge in [-0.2, -0.15) is 0 Å². The number of hydrogen-bond donors (Lipinski definition) is 1. The smallest absolute Gasteiger partial charge is 0.0658 e. The number of anilines is 1. The monoisotopic (exact) mass is 196 g/mol. The van der Waals surface area contributed by atoms with Gasteiger partial charge in [-0.1, -0.05) is 26.0 Å². The lowest BCUT2D eigenvalue weighted by Gasteiger charge is -2.18. The Morgan fingerprint density at radius 1 is 1.29 bits per heavy atom. The van der Waals surface area contributed by atoms with E-state index in [2.05, 4.69) is 18.7 Å². The molecule has 1 N–H and O–H groups in total. The maximum atomic E-state index is 12.1. The molecule has 3 heteroatoms. The lowest BCUT2D eigenvalue weighted by atomic mass is 10.2. The second-order valence-electron chi connectivity index (χ2n) is 3.26. The van der Waals surface area contributed by atoms with Crippen LogP contribution in [0.15, 0.2) is 24.3 Å². The normalized spacial score (nSPS) is 10.6. The first-order valence-electron chi connectivity index (χ1n) is 4.98. The summed E-state index contributed by atoms with van der Waals surface area (Å²) in [6.07, 6.45) is 0. The summed E-state index contributed by atoms with van der Waals surface area (Å²) < 4.78 is 12.1. The van der Waals surface area contributed by atoms with E-state index in [0.29, 0.717) is 5.69 Å². The molecule has 0 spiro atoms. The molecule has 0 fully saturated rings. The summed E-state index contributed by atoms with van der Waals surface area (Å²) >= 11 is 0. The summed E-state index contributed by atoms with van der Waals surface area (Å²) in [5.74, 6) is 0. The number of nitrogens with zero attached hydrogens (tertiary/aromatic N) is 1. The molecule has 0 bridgehead atoms. The van der Waals surface area contributed by atoms with Crippen LogP contribution < -0.4 is 5.54 Å².